The summed E-state index contributed by atoms with van der Waals surface area (Å²) >= 11 is 4.60. The van der Waals surface area contributed by atoms with E-state index in [2.05, 4.69) is 41.0 Å². The highest BCUT2D eigenvalue weighted by molar-refractivity contribution is 6.61. The van der Waals surface area contributed by atoms with E-state index in [4.69, 9.17) is 35.4 Å². The Labute approximate surface area is 325 Å². The normalized spacial score (nSPS) is 8.67. The molecule has 0 bridgehead atoms. The van der Waals surface area contributed by atoms with Gasteiger partial charge in [0.05, 0.1) is 86.7 Å². The van der Waals surface area contributed by atoms with Crippen LogP contribution in [0.4, 0.5) is 4.79 Å². The predicted octanol–water partition coefficient (Wildman–Crippen LogP) is 1.04. The van der Waals surface area contributed by atoms with Crippen LogP contribution in [0.15, 0.2) is 0 Å². The van der Waals surface area contributed by atoms with Gasteiger partial charge in [0.25, 0.3) is 0 Å². The van der Waals surface area contributed by atoms with Crippen LogP contribution in [0.1, 0.15) is 84.5 Å². The van der Waals surface area contributed by atoms with E-state index in [9.17, 15) is 43.2 Å². The van der Waals surface area contributed by atoms with Crippen LogP contribution in [0.3, 0.4) is 0 Å². The summed E-state index contributed by atoms with van der Waals surface area (Å²) in [6, 6.07) is 0. The summed E-state index contributed by atoms with van der Waals surface area (Å²) in [5.74, 6) is -5.20. The number of carboxylic acid groups (broad SMARTS) is 3. The van der Waals surface area contributed by atoms with E-state index in [1.54, 1.807) is 0 Å². The second-order valence-electron chi connectivity index (χ2n) is 9.19. The van der Waals surface area contributed by atoms with Gasteiger partial charge in [-0.25, -0.2) is 4.79 Å². The summed E-state index contributed by atoms with van der Waals surface area (Å²) in [6.07, 6.45) is 2.76. The average molecular weight is 830 g/mol. The highest BCUT2D eigenvalue weighted by Gasteiger charge is 2.08. The van der Waals surface area contributed by atoms with Crippen molar-refractivity contribution in [2.45, 2.75) is 84.5 Å². The number of hydrogen-bond donors (Lipinski definition) is 7. The van der Waals surface area contributed by atoms with Crippen LogP contribution in [0.2, 0.25) is 0 Å². The molecule has 0 atom stereocenters. The Bertz CT molecular complexity index is 992. The van der Waals surface area contributed by atoms with Crippen LogP contribution in [0, 0.1) is 0 Å². The quantitative estimate of drug-likeness (QED) is 0.0367. The molecule has 0 aliphatic carbocycles. The monoisotopic (exact) mass is 829 g/mol. The second-order valence-corrected chi connectivity index (χ2v) is 9.49. The summed E-state index contributed by atoms with van der Waals surface area (Å²) in [6.45, 7) is 0.563. The third kappa shape index (κ3) is 83.7. The molecule has 0 rings (SSSR count). The van der Waals surface area contributed by atoms with Crippen molar-refractivity contribution < 1.29 is 102 Å². The topological polar surface area (TPSA) is 356 Å². The summed E-state index contributed by atoms with van der Waals surface area (Å²) < 4.78 is 26.2. The first-order chi connectivity index (χ1) is 25.4. The fourth-order valence-corrected chi connectivity index (χ4v) is 2.10. The number of carbonyl (C=O) groups excluding carboxylic acids is 6. The van der Waals surface area contributed by atoms with Gasteiger partial charge in [-0.3, -0.25) is 38.4 Å². The van der Waals surface area contributed by atoms with Crippen molar-refractivity contribution in [3.63, 3.8) is 0 Å². The number of rotatable bonds is 21. The minimum atomic E-state index is -0.986. The number of methoxy groups -OCH3 is 4. The molecular weight excluding hydrogens is 770 g/mol. The van der Waals surface area contributed by atoms with Gasteiger partial charge in [0, 0.05) is 37.8 Å². The van der Waals surface area contributed by atoms with E-state index in [-0.39, 0.29) is 91.8 Å². The smallest absolute Gasteiger partial charge is 0.403 e. The predicted molar refractivity (Wildman–Crippen MR) is 192 cm³/mol. The summed E-state index contributed by atoms with van der Waals surface area (Å²) in [5, 5.41) is 48.5. The number of carbonyl (C=O) groups is 9. The Hall–Kier alpha value is -4.64. The maximum absolute atomic E-state index is 10.9. The SMILES string of the molecule is C.COC(=O)CCC(=O)O.COC(=O)CCC(=O)OCCCC(=O)O.COC(=O)CCC(=O)OCCCCO.COC(=O)Cl.NCC(=O)O.OCCCCO. The lowest BCUT2D eigenvalue weighted by atomic mass is 10.3. The molecule has 0 saturated heterocycles. The van der Waals surface area contributed by atoms with Gasteiger partial charge >= 0.3 is 53.2 Å². The molecule has 0 aromatic carbocycles. The number of carboxylic acids is 3. The highest BCUT2D eigenvalue weighted by atomic mass is 35.5. The molecule has 0 aliphatic heterocycles. The van der Waals surface area contributed by atoms with Crippen molar-refractivity contribution in [3.05, 3.63) is 0 Å². The van der Waals surface area contributed by atoms with Crippen molar-refractivity contribution in [2.24, 2.45) is 5.73 Å². The zero-order valence-corrected chi connectivity index (χ0v) is 31.7. The van der Waals surface area contributed by atoms with Gasteiger partial charge in [-0.05, 0) is 32.1 Å². The Kier molecular flexibility index (Phi) is 63.7. The van der Waals surface area contributed by atoms with Gasteiger partial charge in [0.1, 0.15) is 0 Å². The Morgan fingerprint density at radius 3 is 0.982 bits per heavy atom. The standard InChI is InChI=1S/C9H14O6.C9H16O5.C5H8O4.C4H10O2.C2H3ClO2.C2H5NO2.CH4/c1-14-8(12)4-5-9(13)15-6-2-3-7(10)11;1-13-8(11)4-5-9(12)14-7-3-2-6-10;1-9-5(8)3-2-4(6)7;5-3-1-2-4-6;1-5-2(3)4;3-1-2(4)5;/h2-6H2,1H3,(H,10,11);10H,2-7H2,1H3;2-3H2,1H3,(H,6,7);5-6H,1-4H2;1H3;1,3H2,(H,4,5);1H4. The molecule has 0 fully saturated rings. The van der Waals surface area contributed by atoms with Crippen molar-refractivity contribution in [2.75, 3.05) is 68.0 Å². The largest absolute Gasteiger partial charge is 0.481 e. The zero-order valence-electron chi connectivity index (χ0n) is 31.0. The van der Waals surface area contributed by atoms with E-state index >= 15 is 0 Å². The first-order valence-electron chi connectivity index (χ1n) is 15.8. The number of ether oxygens (including phenoxy) is 6. The second kappa shape index (κ2) is 53.7. The molecule has 0 aliphatic rings. The maximum Gasteiger partial charge on any atom is 0.403 e. The van der Waals surface area contributed by atoms with Crippen molar-refractivity contribution in [1.29, 1.82) is 0 Å². The van der Waals surface area contributed by atoms with Crippen LogP contribution >= 0.6 is 11.6 Å². The minimum Gasteiger partial charge on any atom is -0.481 e. The number of unbranched alkanes of at least 4 members (excludes halogenated alkanes) is 2. The molecular formula is C32H60ClNO21. The Morgan fingerprint density at radius 2 is 0.727 bits per heavy atom. The molecule has 0 saturated carbocycles. The van der Waals surface area contributed by atoms with Gasteiger partial charge in [0.15, 0.2) is 0 Å². The lowest BCUT2D eigenvalue weighted by Crippen LogP contribution is -2.10. The van der Waals surface area contributed by atoms with E-state index in [0.717, 1.165) is 12.8 Å². The molecule has 0 aromatic rings. The molecule has 326 valence electrons. The molecule has 22 nitrogen and oxygen atoms in total. The van der Waals surface area contributed by atoms with Crippen LogP contribution in [-0.4, -0.2) is 152 Å². The number of aliphatic hydroxyl groups excluding tert-OH is 3. The number of aliphatic carboxylic acids is 3. The van der Waals surface area contributed by atoms with E-state index in [0.29, 0.717) is 19.4 Å². The molecule has 0 unspecified atom stereocenters. The number of aliphatic hydroxyl groups is 3. The first-order valence-corrected chi connectivity index (χ1v) is 16.2. The van der Waals surface area contributed by atoms with Crippen LogP contribution in [0.5, 0.6) is 0 Å². The van der Waals surface area contributed by atoms with Crippen molar-refractivity contribution in [1.82, 2.24) is 0 Å². The molecule has 0 spiro atoms. The van der Waals surface area contributed by atoms with Gasteiger partial charge in [0.2, 0.25) is 0 Å². The zero-order chi connectivity index (χ0) is 43.2. The lowest BCUT2D eigenvalue weighted by molar-refractivity contribution is -0.149. The number of esters is 5. The lowest BCUT2D eigenvalue weighted by Gasteiger charge is -2.03. The fourth-order valence-electron chi connectivity index (χ4n) is 2.10. The molecule has 0 heterocycles. The van der Waals surface area contributed by atoms with Crippen molar-refractivity contribution in [3.8, 4) is 0 Å². The third-order valence-electron chi connectivity index (χ3n) is 4.81. The first kappa shape index (κ1) is 65.3. The summed E-state index contributed by atoms with van der Waals surface area (Å²) in [5.41, 5.74) is 3.80. The third-order valence-corrected chi connectivity index (χ3v) is 4.96. The van der Waals surface area contributed by atoms with E-state index in [1.807, 2.05) is 0 Å². The van der Waals surface area contributed by atoms with E-state index < -0.39 is 53.2 Å². The molecule has 0 radical (unpaired) electrons. The fraction of sp³-hybridized carbons (Fsp3) is 0.719. The van der Waals surface area contributed by atoms with Crippen LogP contribution in [0.25, 0.3) is 0 Å². The highest BCUT2D eigenvalue weighted by Crippen LogP contribution is 1.98. The minimum absolute atomic E-state index is 0. The van der Waals surface area contributed by atoms with Gasteiger partial charge in [-0.15, -0.1) is 0 Å². The van der Waals surface area contributed by atoms with Crippen LogP contribution in [-0.2, 0) is 66.8 Å². The summed E-state index contributed by atoms with van der Waals surface area (Å²) in [4.78, 5) is 91.9. The summed E-state index contributed by atoms with van der Waals surface area (Å²) in [7, 11) is 4.95. The molecule has 55 heavy (non-hydrogen) atoms. The van der Waals surface area contributed by atoms with E-state index in [1.165, 1.54) is 28.4 Å². The maximum atomic E-state index is 10.9. The van der Waals surface area contributed by atoms with Gasteiger partial charge in [-0.1, -0.05) is 7.43 Å². The number of hydrogen-bond acceptors (Lipinski definition) is 19. The Balaban J connectivity index is -0.000000106. The molecule has 23 heteroatoms. The Morgan fingerprint density at radius 1 is 0.455 bits per heavy atom. The van der Waals surface area contributed by atoms with Gasteiger partial charge < -0.3 is 64.8 Å². The van der Waals surface area contributed by atoms with Crippen molar-refractivity contribution >= 4 is 64.8 Å². The molecule has 0 amide bonds. The number of halogens is 1. The van der Waals surface area contributed by atoms with Crippen LogP contribution < -0.4 is 5.73 Å². The van der Waals surface area contributed by atoms with Gasteiger partial charge in [-0.2, -0.15) is 0 Å². The number of nitrogens with two attached hydrogens (primary N) is 1. The molecule has 0 aromatic heterocycles. The average Bonchev–Trinajstić information content (AvgIpc) is 3.15. The molecule has 8 N–H and O–H groups in total.